The van der Waals surface area contributed by atoms with E-state index < -0.39 is 30.1 Å². The van der Waals surface area contributed by atoms with E-state index in [0.29, 0.717) is 64.0 Å². The SMILES string of the molecule is N=C(N)NCCC[C@H](NC(=O)N1CCCC1C(=O)O)c1nc([C@@H](N)CCCOCN)no1. The number of carboxylic acids is 1. The van der Waals surface area contributed by atoms with E-state index in [1.807, 2.05) is 0 Å². The van der Waals surface area contributed by atoms with Crippen LogP contribution in [-0.2, 0) is 9.53 Å². The van der Waals surface area contributed by atoms with Crippen LogP contribution in [0.2, 0.25) is 0 Å². The molecule has 14 heteroatoms. The number of carboxylic acid groups (broad SMARTS) is 1. The van der Waals surface area contributed by atoms with Gasteiger partial charge >= 0.3 is 12.0 Å². The summed E-state index contributed by atoms with van der Waals surface area (Å²) < 4.78 is 10.4. The average Bonchev–Trinajstić information content (AvgIpc) is 3.43. The highest BCUT2D eigenvalue weighted by Gasteiger charge is 2.35. The highest BCUT2D eigenvalue weighted by Crippen LogP contribution is 2.23. The fourth-order valence-electron chi connectivity index (χ4n) is 3.44. The van der Waals surface area contributed by atoms with Gasteiger partial charge in [0.05, 0.1) is 12.8 Å². The number of likely N-dealkylation sites (tertiary alicyclic amines) is 1. The number of aromatic nitrogens is 2. The molecule has 1 fully saturated rings. The van der Waals surface area contributed by atoms with Gasteiger partial charge in [0, 0.05) is 19.7 Å². The number of nitrogens with one attached hydrogen (secondary N) is 3. The Morgan fingerprint density at radius 1 is 1.38 bits per heavy atom. The molecule has 2 rings (SSSR count). The maximum Gasteiger partial charge on any atom is 0.326 e. The number of carbonyl (C=O) groups is 2. The lowest BCUT2D eigenvalue weighted by Gasteiger charge is -2.24. The molecule has 1 aliphatic heterocycles. The van der Waals surface area contributed by atoms with Crippen molar-refractivity contribution in [2.75, 3.05) is 26.4 Å². The van der Waals surface area contributed by atoms with Crippen molar-refractivity contribution in [3.8, 4) is 0 Å². The molecule has 0 saturated carbocycles. The van der Waals surface area contributed by atoms with Crippen LogP contribution in [0.15, 0.2) is 4.52 Å². The topological polar surface area (TPSA) is 232 Å². The fraction of sp³-hybridized carbons (Fsp3) is 0.722. The molecule has 1 aliphatic rings. The van der Waals surface area contributed by atoms with Gasteiger partial charge in [0.2, 0.25) is 5.89 Å². The Balaban J connectivity index is 2.04. The molecule has 0 aromatic carbocycles. The van der Waals surface area contributed by atoms with Crippen LogP contribution in [0.1, 0.15) is 62.3 Å². The van der Waals surface area contributed by atoms with Gasteiger partial charge in [0.1, 0.15) is 12.1 Å². The Morgan fingerprint density at radius 2 is 2.16 bits per heavy atom. The lowest BCUT2D eigenvalue weighted by atomic mass is 10.1. The minimum absolute atomic E-state index is 0.140. The van der Waals surface area contributed by atoms with Gasteiger partial charge in [0.25, 0.3) is 0 Å². The molecule has 3 atom stereocenters. The summed E-state index contributed by atoms with van der Waals surface area (Å²) in [6, 6.07) is -2.50. The van der Waals surface area contributed by atoms with Crippen LogP contribution in [0.25, 0.3) is 0 Å². The fourth-order valence-corrected chi connectivity index (χ4v) is 3.44. The maximum atomic E-state index is 12.8. The van der Waals surface area contributed by atoms with Crippen LogP contribution in [0, 0.1) is 5.41 Å². The summed E-state index contributed by atoms with van der Waals surface area (Å²) in [4.78, 5) is 29.8. The van der Waals surface area contributed by atoms with Crippen LogP contribution in [0.4, 0.5) is 4.79 Å². The van der Waals surface area contributed by atoms with Crippen molar-refractivity contribution in [3.63, 3.8) is 0 Å². The zero-order valence-electron chi connectivity index (χ0n) is 18.0. The van der Waals surface area contributed by atoms with Crippen molar-refractivity contribution in [2.45, 2.75) is 56.7 Å². The first kappa shape index (κ1) is 25.3. The molecule has 180 valence electrons. The Labute approximate surface area is 185 Å². The quantitative estimate of drug-likeness (QED) is 0.0853. The first-order valence-electron chi connectivity index (χ1n) is 10.6. The van der Waals surface area contributed by atoms with E-state index in [4.69, 9.17) is 31.9 Å². The van der Waals surface area contributed by atoms with Crippen LogP contribution >= 0.6 is 0 Å². The molecular weight excluding hydrogens is 422 g/mol. The minimum Gasteiger partial charge on any atom is -0.480 e. The van der Waals surface area contributed by atoms with Crippen LogP contribution in [0.3, 0.4) is 0 Å². The van der Waals surface area contributed by atoms with Gasteiger partial charge < -0.3 is 47.1 Å². The number of amides is 2. The number of rotatable bonds is 13. The van der Waals surface area contributed by atoms with Gasteiger partial charge in [-0.2, -0.15) is 4.98 Å². The van der Waals surface area contributed by atoms with Gasteiger partial charge in [0.15, 0.2) is 11.8 Å². The molecular formula is C18H33N9O5. The summed E-state index contributed by atoms with van der Waals surface area (Å²) in [6.07, 6.45) is 3.19. The summed E-state index contributed by atoms with van der Waals surface area (Å²) in [6.45, 7) is 1.37. The number of hydrogen-bond acceptors (Lipinski definition) is 9. The molecule has 1 aromatic heterocycles. The normalized spacial score (nSPS) is 17.7. The number of guanidine groups is 1. The van der Waals surface area contributed by atoms with Crippen molar-refractivity contribution >= 4 is 18.0 Å². The summed E-state index contributed by atoms with van der Waals surface area (Å²) >= 11 is 0. The zero-order valence-corrected chi connectivity index (χ0v) is 18.0. The lowest BCUT2D eigenvalue weighted by Crippen LogP contribution is -2.47. The Bertz CT molecular complexity index is 759. The maximum absolute atomic E-state index is 12.8. The van der Waals surface area contributed by atoms with E-state index in [0.717, 1.165) is 0 Å². The molecule has 0 radical (unpaired) electrons. The second-order valence-corrected chi connectivity index (χ2v) is 7.49. The number of nitrogens with zero attached hydrogens (tertiary/aromatic N) is 3. The average molecular weight is 456 g/mol. The Hall–Kier alpha value is -2.97. The summed E-state index contributed by atoms with van der Waals surface area (Å²) in [5.74, 6) is -0.713. The highest BCUT2D eigenvalue weighted by atomic mass is 16.5. The number of nitrogens with two attached hydrogens (primary N) is 3. The van der Waals surface area contributed by atoms with Crippen molar-refractivity contribution in [1.29, 1.82) is 5.41 Å². The first-order chi connectivity index (χ1) is 15.3. The van der Waals surface area contributed by atoms with E-state index in [1.165, 1.54) is 4.90 Å². The van der Waals surface area contributed by atoms with Gasteiger partial charge in [-0.15, -0.1) is 0 Å². The minimum atomic E-state index is -1.04. The van der Waals surface area contributed by atoms with E-state index in [-0.39, 0.29) is 18.6 Å². The molecule has 0 bridgehead atoms. The monoisotopic (exact) mass is 455 g/mol. The first-order valence-corrected chi connectivity index (χ1v) is 10.6. The van der Waals surface area contributed by atoms with Gasteiger partial charge in [-0.25, -0.2) is 9.59 Å². The zero-order chi connectivity index (χ0) is 23.5. The van der Waals surface area contributed by atoms with Gasteiger partial charge in [-0.3, -0.25) is 5.41 Å². The van der Waals surface area contributed by atoms with Crippen molar-refractivity contribution < 1.29 is 24.0 Å². The third-order valence-corrected chi connectivity index (χ3v) is 5.09. The molecule has 0 spiro atoms. The summed E-state index contributed by atoms with van der Waals surface area (Å²) in [7, 11) is 0. The molecule has 1 saturated heterocycles. The molecule has 1 aromatic rings. The predicted molar refractivity (Wildman–Crippen MR) is 113 cm³/mol. The van der Waals surface area contributed by atoms with E-state index >= 15 is 0 Å². The van der Waals surface area contributed by atoms with Gasteiger partial charge in [-0.1, -0.05) is 5.16 Å². The smallest absolute Gasteiger partial charge is 0.326 e. The van der Waals surface area contributed by atoms with Crippen LogP contribution < -0.4 is 27.8 Å². The number of urea groups is 1. The molecule has 32 heavy (non-hydrogen) atoms. The van der Waals surface area contributed by atoms with E-state index in [2.05, 4.69) is 20.8 Å². The summed E-state index contributed by atoms with van der Waals surface area (Å²) in [5.41, 5.74) is 16.7. The molecule has 2 amide bonds. The predicted octanol–water partition coefficient (Wildman–Crippen LogP) is -0.655. The number of aliphatic carboxylic acids is 1. The Kier molecular flexibility index (Phi) is 10.1. The third kappa shape index (κ3) is 7.62. The molecule has 2 heterocycles. The van der Waals surface area contributed by atoms with Crippen LogP contribution in [-0.4, -0.2) is 70.6 Å². The number of ether oxygens (including phenoxy) is 1. The second-order valence-electron chi connectivity index (χ2n) is 7.49. The van der Waals surface area contributed by atoms with Crippen LogP contribution in [0.5, 0.6) is 0 Å². The second kappa shape index (κ2) is 12.8. The lowest BCUT2D eigenvalue weighted by molar-refractivity contribution is -0.141. The number of carbonyl (C=O) groups excluding carboxylic acids is 1. The van der Waals surface area contributed by atoms with Crippen molar-refractivity contribution in [3.05, 3.63) is 11.7 Å². The molecule has 14 nitrogen and oxygen atoms in total. The summed E-state index contributed by atoms with van der Waals surface area (Å²) in [5, 5.41) is 26.0. The van der Waals surface area contributed by atoms with Crippen molar-refractivity contribution in [1.82, 2.24) is 25.7 Å². The highest BCUT2D eigenvalue weighted by molar-refractivity contribution is 5.83. The molecule has 0 aliphatic carbocycles. The van der Waals surface area contributed by atoms with E-state index in [1.54, 1.807) is 0 Å². The molecule has 10 N–H and O–H groups in total. The van der Waals surface area contributed by atoms with Crippen molar-refractivity contribution in [2.24, 2.45) is 17.2 Å². The van der Waals surface area contributed by atoms with Gasteiger partial charge in [-0.05, 0) is 38.5 Å². The third-order valence-electron chi connectivity index (χ3n) is 5.09. The number of hydrogen-bond donors (Lipinski definition) is 7. The Morgan fingerprint density at radius 3 is 2.84 bits per heavy atom. The van der Waals surface area contributed by atoms with E-state index in [9.17, 15) is 14.7 Å². The largest absolute Gasteiger partial charge is 0.480 e. The standard InChI is InChI=1S/C18H33N9O5/c19-10-31-9-3-4-11(20)14-25-15(32-26-14)12(5-1-7-23-17(21)22)24-18(30)27-8-2-6-13(27)16(28)29/h11-13H,1-10,19-20H2,(H,24,30)(H,28,29)(H4,21,22,23)/t11-,12-,13?/m0/s1. The molecule has 1 unspecified atom stereocenters.